The Morgan fingerprint density at radius 1 is 1.04 bits per heavy atom. The first kappa shape index (κ1) is 15.9. The first-order chi connectivity index (χ1) is 11.7. The molecule has 3 aromatic rings. The SMILES string of the molecule is CCOC(=O)COc1c2ccccc2c(O)n1Cc1ccccc1. The highest BCUT2D eigenvalue weighted by molar-refractivity contribution is 5.93. The zero-order valence-electron chi connectivity index (χ0n) is 13.4. The second-order valence-electron chi connectivity index (χ2n) is 5.34. The van der Waals surface area contributed by atoms with Gasteiger partial charge in [-0.05, 0) is 24.6 Å². The van der Waals surface area contributed by atoms with Crippen molar-refractivity contribution in [2.45, 2.75) is 13.5 Å². The van der Waals surface area contributed by atoms with E-state index in [-0.39, 0.29) is 12.5 Å². The summed E-state index contributed by atoms with van der Waals surface area (Å²) in [6.45, 7) is 2.30. The molecule has 0 aliphatic heterocycles. The van der Waals surface area contributed by atoms with E-state index >= 15 is 0 Å². The molecule has 124 valence electrons. The third kappa shape index (κ3) is 3.20. The molecule has 0 fully saturated rings. The number of ether oxygens (including phenoxy) is 2. The highest BCUT2D eigenvalue weighted by Gasteiger charge is 2.18. The fourth-order valence-corrected chi connectivity index (χ4v) is 2.65. The largest absolute Gasteiger partial charge is 0.494 e. The zero-order chi connectivity index (χ0) is 16.9. The van der Waals surface area contributed by atoms with Crippen molar-refractivity contribution in [3.05, 3.63) is 60.2 Å². The maximum atomic E-state index is 11.6. The summed E-state index contributed by atoms with van der Waals surface area (Å²) in [4.78, 5) is 11.6. The number of esters is 1. The predicted octanol–water partition coefficient (Wildman–Crippen LogP) is 3.34. The highest BCUT2D eigenvalue weighted by atomic mass is 16.6. The number of carbonyl (C=O) groups excluding carboxylic acids is 1. The Hall–Kier alpha value is -2.95. The molecule has 2 aromatic carbocycles. The molecule has 0 saturated heterocycles. The fraction of sp³-hybridized carbons (Fsp3) is 0.211. The van der Waals surface area contributed by atoms with Gasteiger partial charge in [-0.1, -0.05) is 42.5 Å². The van der Waals surface area contributed by atoms with Gasteiger partial charge in [-0.25, -0.2) is 4.79 Å². The molecule has 0 saturated carbocycles. The fourth-order valence-electron chi connectivity index (χ4n) is 2.65. The van der Waals surface area contributed by atoms with Crippen LogP contribution in [0.25, 0.3) is 10.8 Å². The first-order valence-electron chi connectivity index (χ1n) is 7.83. The van der Waals surface area contributed by atoms with Gasteiger partial charge in [0, 0.05) is 10.8 Å². The average Bonchev–Trinajstić information content (AvgIpc) is 2.87. The van der Waals surface area contributed by atoms with Crippen molar-refractivity contribution in [2.75, 3.05) is 13.2 Å². The van der Waals surface area contributed by atoms with E-state index in [0.29, 0.717) is 24.4 Å². The number of hydrogen-bond acceptors (Lipinski definition) is 4. The molecule has 5 nitrogen and oxygen atoms in total. The van der Waals surface area contributed by atoms with Gasteiger partial charge in [-0.3, -0.25) is 4.57 Å². The maximum Gasteiger partial charge on any atom is 0.344 e. The van der Waals surface area contributed by atoms with Gasteiger partial charge in [-0.2, -0.15) is 0 Å². The van der Waals surface area contributed by atoms with Crippen molar-refractivity contribution in [3.63, 3.8) is 0 Å². The Bertz CT molecular complexity index is 839. The van der Waals surface area contributed by atoms with Crippen LogP contribution in [-0.4, -0.2) is 28.9 Å². The van der Waals surface area contributed by atoms with Crippen LogP contribution < -0.4 is 4.74 Å². The molecule has 0 aliphatic rings. The molecule has 0 radical (unpaired) electrons. The molecular formula is C19H19NO4. The van der Waals surface area contributed by atoms with E-state index in [0.717, 1.165) is 10.9 Å². The zero-order valence-corrected chi connectivity index (χ0v) is 13.4. The molecule has 1 N–H and O–H groups in total. The lowest BCUT2D eigenvalue weighted by atomic mass is 10.2. The van der Waals surface area contributed by atoms with Crippen molar-refractivity contribution in [2.24, 2.45) is 0 Å². The van der Waals surface area contributed by atoms with Crippen LogP contribution in [0.2, 0.25) is 0 Å². The van der Waals surface area contributed by atoms with Gasteiger partial charge >= 0.3 is 5.97 Å². The maximum absolute atomic E-state index is 11.6. The Balaban J connectivity index is 1.98. The van der Waals surface area contributed by atoms with Crippen molar-refractivity contribution in [1.29, 1.82) is 0 Å². The molecule has 1 heterocycles. The second kappa shape index (κ2) is 7.08. The van der Waals surface area contributed by atoms with Crippen molar-refractivity contribution in [3.8, 4) is 11.8 Å². The number of nitrogens with zero attached hydrogens (tertiary/aromatic N) is 1. The summed E-state index contributed by atoms with van der Waals surface area (Å²) in [5.41, 5.74) is 1.02. The summed E-state index contributed by atoms with van der Waals surface area (Å²) in [7, 11) is 0. The van der Waals surface area contributed by atoms with Crippen LogP contribution in [0.4, 0.5) is 0 Å². The number of benzene rings is 2. The minimum atomic E-state index is -0.437. The summed E-state index contributed by atoms with van der Waals surface area (Å²) >= 11 is 0. The number of rotatable bonds is 6. The van der Waals surface area contributed by atoms with Gasteiger partial charge in [-0.15, -0.1) is 0 Å². The van der Waals surface area contributed by atoms with Crippen LogP contribution in [-0.2, 0) is 16.1 Å². The summed E-state index contributed by atoms with van der Waals surface area (Å²) in [5.74, 6) is 0.141. The van der Waals surface area contributed by atoms with Crippen molar-refractivity contribution < 1.29 is 19.4 Å². The Kier molecular flexibility index (Phi) is 4.70. The van der Waals surface area contributed by atoms with Gasteiger partial charge in [0.05, 0.1) is 13.2 Å². The summed E-state index contributed by atoms with van der Waals surface area (Å²) in [6.07, 6.45) is 0. The molecule has 0 bridgehead atoms. The molecule has 0 amide bonds. The van der Waals surface area contributed by atoms with E-state index in [1.165, 1.54) is 0 Å². The lowest BCUT2D eigenvalue weighted by Crippen LogP contribution is -2.16. The standard InChI is InChI=1S/C19H19NO4/c1-2-23-17(21)13-24-19-16-11-7-6-10-15(16)18(22)20(19)12-14-8-4-3-5-9-14/h3-11,22H,2,12-13H2,1H3. The molecule has 3 rings (SSSR count). The van der Waals surface area contributed by atoms with Crippen LogP contribution in [0.3, 0.4) is 0 Å². The molecule has 0 atom stereocenters. The van der Waals surface area contributed by atoms with Gasteiger partial charge < -0.3 is 14.6 Å². The summed E-state index contributed by atoms with van der Waals surface area (Å²) < 4.78 is 12.3. The average molecular weight is 325 g/mol. The number of aromatic nitrogens is 1. The predicted molar refractivity (Wildman–Crippen MR) is 91.3 cm³/mol. The van der Waals surface area contributed by atoms with Gasteiger partial charge in [0.15, 0.2) is 6.61 Å². The van der Waals surface area contributed by atoms with Gasteiger partial charge in [0.25, 0.3) is 0 Å². The van der Waals surface area contributed by atoms with E-state index in [1.807, 2.05) is 54.6 Å². The lowest BCUT2D eigenvalue weighted by Gasteiger charge is -2.12. The monoisotopic (exact) mass is 325 g/mol. The number of aromatic hydroxyl groups is 1. The van der Waals surface area contributed by atoms with Gasteiger partial charge in [0.2, 0.25) is 11.8 Å². The Labute approximate surface area is 140 Å². The van der Waals surface area contributed by atoms with E-state index in [1.54, 1.807) is 11.5 Å². The van der Waals surface area contributed by atoms with Crippen molar-refractivity contribution in [1.82, 2.24) is 4.57 Å². The smallest absolute Gasteiger partial charge is 0.344 e. The van der Waals surface area contributed by atoms with Crippen molar-refractivity contribution >= 4 is 16.7 Å². The molecule has 1 aromatic heterocycles. The summed E-state index contributed by atoms with van der Waals surface area (Å²) in [5, 5.41) is 12.0. The molecular weight excluding hydrogens is 306 g/mol. The quantitative estimate of drug-likeness (QED) is 0.706. The molecule has 0 spiro atoms. The third-order valence-corrected chi connectivity index (χ3v) is 3.71. The Morgan fingerprint density at radius 3 is 2.42 bits per heavy atom. The van der Waals surface area contributed by atoms with E-state index < -0.39 is 5.97 Å². The van der Waals surface area contributed by atoms with E-state index in [2.05, 4.69) is 0 Å². The molecule has 24 heavy (non-hydrogen) atoms. The van der Waals surface area contributed by atoms with E-state index in [9.17, 15) is 9.90 Å². The molecule has 0 aliphatic carbocycles. The minimum absolute atomic E-state index is 0.119. The van der Waals surface area contributed by atoms with Crippen LogP contribution in [0, 0.1) is 0 Å². The normalized spacial score (nSPS) is 10.7. The summed E-state index contributed by atoms with van der Waals surface area (Å²) in [6, 6.07) is 17.2. The number of fused-ring (bicyclic) bond motifs is 1. The van der Waals surface area contributed by atoms with E-state index in [4.69, 9.17) is 9.47 Å². The second-order valence-corrected chi connectivity index (χ2v) is 5.34. The minimum Gasteiger partial charge on any atom is -0.494 e. The molecule has 5 heteroatoms. The third-order valence-electron chi connectivity index (χ3n) is 3.71. The number of hydrogen-bond donors (Lipinski definition) is 1. The van der Waals surface area contributed by atoms with Crippen LogP contribution in [0.1, 0.15) is 12.5 Å². The highest BCUT2D eigenvalue weighted by Crippen LogP contribution is 2.37. The molecule has 0 unspecified atom stereocenters. The van der Waals surface area contributed by atoms with Crippen LogP contribution >= 0.6 is 0 Å². The van der Waals surface area contributed by atoms with Crippen LogP contribution in [0.5, 0.6) is 11.8 Å². The number of carbonyl (C=O) groups is 1. The van der Waals surface area contributed by atoms with Gasteiger partial charge in [0.1, 0.15) is 0 Å². The first-order valence-corrected chi connectivity index (χ1v) is 7.83. The Morgan fingerprint density at radius 2 is 1.71 bits per heavy atom. The lowest BCUT2D eigenvalue weighted by molar-refractivity contribution is -0.145. The topological polar surface area (TPSA) is 60.7 Å². The van der Waals surface area contributed by atoms with Crippen LogP contribution in [0.15, 0.2) is 54.6 Å².